The molecule has 0 bridgehead atoms. The lowest BCUT2D eigenvalue weighted by atomic mass is 10.2. The van der Waals surface area contributed by atoms with Crippen molar-refractivity contribution in [2.24, 2.45) is 0 Å². The summed E-state index contributed by atoms with van der Waals surface area (Å²) in [5.41, 5.74) is 0.339. The van der Waals surface area contributed by atoms with Crippen molar-refractivity contribution in [1.82, 2.24) is 9.88 Å². The molecule has 0 aliphatic carbocycles. The maximum absolute atomic E-state index is 12.0. The number of hydrogen-bond acceptors (Lipinski definition) is 3. The Kier molecular flexibility index (Phi) is 3.07. The minimum atomic E-state index is -0.315. The molecule has 1 unspecified atom stereocenters. The van der Waals surface area contributed by atoms with Crippen LogP contribution < -0.4 is 0 Å². The average molecular weight is 236 g/mol. The molecule has 5 heteroatoms. The molecule has 1 fully saturated rings. The summed E-state index contributed by atoms with van der Waals surface area (Å²) in [5.74, 6) is -0.194. The Bertz CT molecular complexity index is 438. The van der Waals surface area contributed by atoms with E-state index in [4.69, 9.17) is 16.9 Å². The Hall–Kier alpha value is -1.60. The van der Waals surface area contributed by atoms with Crippen molar-refractivity contribution in [1.29, 1.82) is 5.26 Å². The maximum Gasteiger partial charge on any atom is 0.273 e. The van der Waals surface area contributed by atoms with Crippen LogP contribution in [0.3, 0.4) is 0 Å². The van der Waals surface area contributed by atoms with Crippen LogP contribution in [0.2, 0.25) is 5.02 Å². The zero-order valence-corrected chi connectivity index (χ0v) is 9.31. The molecule has 1 aromatic rings. The summed E-state index contributed by atoms with van der Waals surface area (Å²) >= 11 is 5.69. The number of nitrogens with zero attached hydrogens (tertiary/aromatic N) is 3. The summed E-state index contributed by atoms with van der Waals surface area (Å²) in [4.78, 5) is 17.5. The number of aromatic nitrogens is 1. The van der Waals surface area contributed by atoms with Crippen LogP contribution in [0, 0.1) is 11.3 Å². The Balaban J connectivity index is 2.19. The largest absolute Gasteiger partial charge is 0.321 e. The van der Waals surface area contributed by atoms with Gasteiger partial charge in [-0.05, 0) is 25.0 Å². The third-order valence-corrected chi connectivity index (χ3v) is 2.83. The van der Waals surface area contributed by atoms with Gasteiger partial charge in [-0.25, -0.2) is 4.98 Å². The van der Waals surface area contributed by atoms with Gasteiger partial charge in [-0.15, -0.1) is 0 Å². The topological polar surface area (TPSA) is 57.0 Å². The Morgan fingerprint density at radius 1 is 1.62 bits per heavy atom. The Morgan fingerprint density at radius 2 is 2.44 bits per heavy atom. The fraction of sp³-hybridized carbons (Fsp3) is 0.364. The predicted molar refractivity (Wildman–Crippen MR) is 58.9 cm³/mol. The van der Waals surface area contributed by atoms with Gasteiger partial charge in [0.25, 0.3) is 5.91 Å². The number of carbonyl (C=O) groups excluding carboxylic acids is 1. The van der Waals surface area contributed by atoms with Crippen molar-refractivity contribution in [3.8, 4) is 6.07 Å². The monoisotopic (exact) mass is 235 g/mol. The summed E-state index contributed by atoms with van der Waals surface area (Å²) in [6, 6.07) is 5.02. The lowest BCUT2D eigenvalue weighted by Gasteiger charge is -2.18. The van der Waals surface area contributed by atoms with E-state index in [1.165, 1.54) is 6.20 Å². The number of halogens is 1. The van der Waals surface area contributed by atoms with Crippen LogP contribution in [-0.2, 0) is 0 Å². The van der Waals surface area contributed by atoms with Crippen LogP contribution >= 0.6 is 11.6 Å². The van der Waals surface area contributed by atoms with Crippen molar-refractivity contribution in [3.63, 3.8) is 0 Å². The molecule has 0 spiro atoms. The van der Waals surface area contributed by atoms with Gasteiger partial charge in [0.15, 0.2) is 0 Å². The van der Waals surface area contributed by atoms with E-state index in [0.29, 0.717) is 17.3 Å². The quantitative estimate of drug-likeness (QED) is 0.747. The minimum absolute atomic E-state index is 0.194. The second-order valence-electron chi connectivity index (χ2n) is 3.65. The highest BCUT2D eigenvalue weighted by atomic mass is 35.5. The number of carbonyl (C=O) groups is 1. The molecule has 16 heavy (non-hydrogen) atoms. The van der Waals surface area contributed by atoms with Crippen molar-refractivity contribution < 1.29 is 4.79 Å². The molecule has 1 aliphatic heterocycles. The first-order valence-corrected chi connectivity index (χ1v) is 5.42. The van der Waals surface area contributed by atoms with Gasteiger partial charge in [-0.2, -0.15) is 5.26 Å². The molecule has 4 nitrogen and oxygen atoms in total. The fourth-order valence-corrected chi connectivity index (χ4v) is 1.91. The zero-order chi connectivity index (χ0) is 11.5. The number of pyridine rings is 1. The first-order valence-electron chi connectivity index (χ1n) is 5.04. The van der Waals surface area contributed by atoms with Gasteiger partial charge in [-0.1, -0.05) is 11.6 Å². The number of likely N-dealkylation sites (tertiary alicyclic amines) is 1. The van der Waals surface area contributed by atoms with Crippen LogP contribution in [0.15, 0.2) is 18.3 Å². The van der Waals surface area contributed by atoms with Crippen molar-refractivity contribution in [3.05, 3.63) is 29.0 Å². The van der Waals surface area contributed by atoms with Crippen LogP contribution in [0.5, 0.6) is 0 Å². The smallest absolute Gasteiger partial charge is 0.273 e. The molecule has 0 saturated carbocycles. The van der Waals surface area contributed by atoms with E-state index in [-0.39, 0.29) is 11.9 Å². The van der Waals surface area contributed by atoms with Gasteiger partial charge in [0.1, 0.15) is 11.7 Å². The lowest BCUT2D eigenvalue weighted by molar-refractivity contribution is 0.0759. The van der Waals surface area contributed by atoms with Gasteiger partial charge in [0.05, 0.1) is 11.1 Å². The molecule has 2 rings (SSSR count). The molecule has 82 valence electrons. The molecule has 2 heterocycles. The summed E-state index contributed by atoms with van der Waals surface area (Å²) < 4.78 is 0. The summed E-state index contributed by atoms with van der Waals surface area (Å²) in [7, 11) is 0. The van der Waals surface area contributed by atoms with E-state index in [9.17, 15) is 4.79 Å². The maximum atomic E-state index is 12.0. The molecule has 0 aromatic carbocycles. The fourth-order valence-electron chi connectivity index (χ4n) is 1.79. The summed E-state index contributed by atoms with van der Waals surface area (Å²) in [6.07, 6.45) is 3.06. The second-order valence-corrected chi connectivity index (χ2v) is 4.08. The summed E-state index contributed by atoms with van der Waals surface area (Å²) in [6.45, 7) is 0.626. The van der Waals surface area contributed by atoms with Gasteiger partial charge in [-0.3, -0.25) is 4.79 Å². The Morgan fingerprint density at radius 3 is 3.06 bits per heavy atom. The molecular weight excluding hydrogens is 226 g/mol. The van der Waals surface area contributed by atoms with Gasteiger partial charge >= 0.3 is 0 Å². The minimum Gasteiger partial charge on any atom is -0.321 e. The van der Waals surface area contributed by atoms with Crippen molar-refractivity contribution in [2.75, 3.05) is 6.54 Å². The molecule has 1 atom stereocenters. The third-order valence-electron chi connectivity index (χ3n) is 2.61. The van der Waals surface area contributed by atoms with Gasteiger partial charge in [0, 0.05) is 12.7 Å². The molecule has 1 saturated heterocycles. The highest BCUT2D eigenvalue weighted by Crippen LogP contribution is 2.19. The van der Waals surface area contributed by atoms with Crippen LogP contribution in [0.1, 0.15) is 23.3 Å². The lowest BCUT2D eigenvalue weighted by Crippen LogP contribution is -2.35. The molecule has 1 aromatic heterocycles. The van der Waals surface area contributed by atoms with Crippen LogP contribution in [0.4, 0.5) is 0 Å². The molecule has 1 amide bonds. The van der Waals surface area contributed by atoms with Crippen molar-refractivity contribution in [2.45, 2.75) is 18.9 Å². The SMILES string of the molecule is N#CC1CCCN1C(=O)c1ccc(Cl)cn1. The molecule has 1 aliphatic rings. The standard InChI is InChI=1S/C11H10ClN3O/c12-8-3-4-10(14-7-8)11(16)15-5-1-2-9(15)6-13/h3-4,7,9H,1-2,5H2. The normalized spacial score (nSPS) is 19.5. The second kappa shape index (κ2) is 4.50. The first-order chi connectivity index (χ1) is 7.72. The van der Waals surface area contributed by atoms with E-state index in [1.807, 2.05) is 0 Å². The van der Waals surface area contributed by atoms with Crippen LogP contribution in [-0.4, -0.2) is 28.4 Å². The molecule has 0 N–H and O–H groups in total. The van der Waals surface area contributed by atoms with E-state index in [2.05, 4.69) is 11.1 Å². The highest BCUT2D eigenvalue weighted by Gasteiger charge is 2.29. The molecule has 0 radical (unpaired) electrons. The van der Waals surface area contributed by atoms with Crippen molar-refractivity contribution >= 4 is 17.5 Å². The van der Waals surface area contributed by atoms with Gasteiger partial charge in [0.2, 0.25) is 0 Å². The third kappa shape index (κ3) is 2.00. The van der Waals surface area contributed by atoms with Gasteiger partial charge < -0.3 is 4.90 Å². The highest BCUT2D eigenvalue weighted by molar-refractivity contribution is 6.30. The number of amides is 1. The number of nitriles is 1. The summed E-state index contributed by atoms with van der Waals surface area (Å²) in [5, 5.41) is 9.39. The van der Waals surface area contributed by atoms with Crippen LogP contribution in [0.25, 0.3) is 0 Å². The van der Waals surface area contributed by atoms with E-state index in [1.54, 1.807) is 17.0 Å². The first kappa shape index (κ1) is 10.9. The van der Waals surface area contributed by atoms with E-state index in [0.717, 1.165) is 12.8 Å². The number of rotatable bonds is 1. The van der Waals surface area contributed by atoms with E-state index < -0.39 is 0 Å². The molecular formula is C11H10ClN3O. The Labute approximate surface area is 98.5 Å². The predicted octanol–water partition coefficient (Wildman–Crippen LogP) is 1.86. The average Bonchev–Trinajstić information content (AvgIpc) is 2.77. The zero-order valence-electron chi connectivity index (χ0n) is 8.56. The van der Waals surface area contributed by atoms with E-state index >= 15 is 0 Å². The number of hydrogen-bond donors (Lipinski definition) is 0.